The summed E-state index contributed by atoms with van der Waals surface area (Å²) in [5, 5.41) is 0. The van der Waals surface area contributed by atoms with E-state index in [0.29, 0.717) is 5.88 Å². The van der Waals surface area contributed by atoms with Crippen LogP contribution in [0.2, 0.25) is 0 Å². The fourth-order valence-electron chi connectivity index (χ4n) is 4.34. The number of methoxy groups -OCH3 is 1. The van der Waals surface area contributed by atoms with Crippen LogP contribution in [0, 0.1) is 0 Å². The number of hydrogen-bond donors (Lipinski definition) is 1. The second-order valence-corrected chi connectivity index (χ2v) is 12.1. The fourth-order valence-corrected chi connectivity index (χ4v) is 6.05. The molecular weight excluding hydrogens is 474 g/mol. The third-order valence-corrected chi connectivity index (χ3v) is 8.13. The molecule has 0 radical (unpaired) electrons. The van der Waals surface area contributed by atoms with Gasteiger partial charge in [0, 0.05) is 12.3 Å². The van der Waals surface area contributed by atoms with Gasteiger partial charge in [-0.15, -0.1) is 4.36 Å². The van der Waals surface area contributed by atoms with E-state index >= 15 is 0 Å². The Morgan fingerprint density at radius 2 is 1.83 bits per heavy atom. The second kappa shape index (κ2) is 9.50. The van der Waals surface area contributed by atoms with E-state index in [-0.39, 0.29) is 28.2 Å². The third kappa shape index (κ3) is 4.91. The Hall–Kier alpha value is -3.52. The number of nitrogens with zero attached hydrogens (tertiary/aromatic N) is 2. The quantitative estimate of drug-likeness (QED) is 0.482. The molecule has 0 fully saturated rings. The van der Waals surface area contributed by atoms with Gasteiger partial charge in [0.1, 0.15) is 0 Å². The van der Waals surface area contributed by atoms with E-state index < -0.39 is 21.7 Å². The molecule has 0 aliphatic carbocycles. The van der Waals surface area contributed by atoms with E-state index in [4.69, 9.17) is 4.74 Å². The zero-order valence-electron chi connectivity index (χ0n) is 21.4. The molecule has 1 unspecified atom stereocenters. The molecule has 0 saturated heterocycles. The Morgan fingerprint density at radius 3 is 2.50 bits per heavy atom. The Labute approximate surface area is 212 Å². The number of pyridine rings is 1. The van der Waals surface area contributed by atoms with Crippen LogP contribution in [0.1, 0.15) is 67.6 Å². The Morgan fingerprint density at radius 1 is 1.08 bits per heavy atom. The van der Waals surface area contributed by atoms with Gasteiger partial charge in [-0.2, -0.15) is 0 Å². The molecule has 2 heterocycles. The molecular formula is C28H31N3O4S. The number of amides is 2. The second-order valence-electron chi connectivity index (χ2n) is 10.2. The molecule has 2 amide bonds. The standard InChI is InChI=1S/C28H31N3O4S/c1-17(2)20-8-7-9-21(18-12-13-29-26(14-18)35-6)23(20)16-25(32)30-36(34)24-15-19(28(3,4)5)10-11-22(24)27(33)31-36/h7-15,17H,16H2,1-6H3,(H,30,31,32,33,34). The van der Waals surface area contributed by atoms with Gasteiger partial charge < -0.3 is 4.74 Å². The van der Waals surface area contributed by atoms with Crippen LogP contribution in [-0.4, -0.2) is 28.1 Å². The molecule has 4 rings (SSSR count). The molecule has 2 aromatic carbocycles. The van der Waals surface area contributed by atoms with Gasteiger partial charge in [-0.05, 0) is 57.3 Å². The Bertz CT molecular complexity index is 1480. The van der Waals surface area contributed by atoms with Gasteiger partial charge in [0.25, 0.3) is 5.91 Å². The molecule has 1 N–H and O–H groups in total. The number of hydrogen-bond acceptors (Lipinski definition) is 5. The van der Waals surface area contributed by atoms with E-state index in [1.54, 1.807) is 25.4 Å². The summed E-state index contributed by atoms with van der Waals surface area (Å²) in [7, 11) is -1.89. The Balaban J connectivity index is 1.72. The van der Waals surface area contributed by atoms with Crippen molar-refractivity contribution in [1.29, 1.82) is 0 Å². The average molecular weight is 506 g/mol. The SMILES string of the molecule is COc1cc(-c2cccc(C(C)C)c2CC(=O)NS2(=O)=NC(=O)c3ccc(C(C)(C)C)cc32)ccn1. The lowest BCUT2D eigenvalue weighted by molar-refractivity contribution is -0.118. The van der Waals surface area contributed by atoms with E-state index in [0.717, 1.165) is 27.8 Å². The van der Waals surface area contributed by atoms with Crippen molar-refractivity contribution in [2.24, 2.45) is 4.36 Å². The van der Waals surface area contributed by atoms with Crippen molar-refractivity contribution in [3.8, 4) is 17.0 Å². The molecule has 1 atom stereocenters. The third-order valence-electron chi connectivity index (χ3n) is 6.27. The molecule has 188 valence electrons. The highest BCUT2D eigenvalue weighted by atomic mass is 32.2. The lowest BCUT2D eigenvalue weighted by Gasteiger charge is -2.20. The van der Waals surface area contributed by atoms with Crippen molar-refractivity contribution in [1.82, 2.24) is 9.71 Å². The van der Waals surface area contributed by atoms with Crippen LogP contribution in [-0.2, 0) is 26.5 Å². The largest absolute Gasteiger partial charge is 0.481 e. The summed E-state index contributed by atoms with van der Waals surface area (Å²) in [6.07, 6.45) is 1.63. The number of carbonyl (C=O) groups excluding carboxylic acids is 2. The molecule has 1 aliphatic rings. The highest BCUT2D eigenvalue weighted by Gasteiger charge is 2.32. The predicted octanol–water partition coefficient (Wildman–Crippen LogP) is 5.43. The van der Waals surface area contributed by atoms with Crippen molar-refractivity contribution in [3.63, 3.8) is 0 Å². The normalized spacial score (nSPS) is 17.0. The lowest BCUT2D eigenvalue weighted by Crippen LogP contribution is -2.31. The number of carbonyl (C=O) groups is 2. The summed E-state index contributed by atoms with van der Waals surface area (Å²) < 4.78 is 25.6. The molecule has 7 nitrogen and oxygen atoms in total. The summed E-state index contributed by atoms with van der Waals surface area (Å²) >= 11 is 0. The fraction of sp³-hybridized carbons (Fsp3) is 0.321. The first-order valence-electron chi connectivity index (χ1n) is 11.8. The minimum absolute atomic E-state index is 0.0245. The number of nitrogens with one attached hydrogen (secondary N) is 1. The summed E-state index contributed by atoms with van der Waals surface area (Å²) in [6, 6.07) is 14.8. The van der Waals surface area contributed by atoms with Crippen molar-refractivity contribution in [2.45, 2.75) is 57.3 Å². The topological polar surface area (TPSA) is 97.7 Å². The molecule has 3 aromatic rings. The molecule has 8 heteroatoms. The molecule has 1 aliphatic heterocycles. The average Bonchev–Trinajstić information content (AvgIpc) is 3.07. The highest BCUT2D eigenvalue weighted by molar-refractivity contribution is 7.93. The van der Waals surface area contributed by atoms with Gasteiger partial charge in [0.15, 0.2) is 9.92 Å². The predicted molar refractivity (Wildman–Crippen MR) is 140 cm³/mol. The Kier molecular flexibility index (Phi) is 6.75. The van der Waals surface area contributed by atoms with Crippen molar-refractivity contribution >= 4 is 21.7 Å². The van der Waals surface area contributed by atoms with Crippen LogP contribution < -0.4 is 9.46 Å². The first-order valence-corrected chi connectivity index (χ1v) is 13.3. The highest BCUT2D eigenvalue weighted by Crippen LogP contribution is 2.34. The van der Waals surface area contributed by atoms with Crippen molar-refractivity contribution < 1.29 is 18.5 Å². The minimum atomic E-state index is -3.44. The van der Waals surface area contributed by atoms with E-state index in [9.17, 15) is 13.8 Å². The maximum Gasteiger partial charge on any atom is 0.288 e. The van der Waals surface area contributed by atoms with Crippen molar-refractivity contribution in [2.75, 3.05) is 7.11 Å². The van der Waals surface area contributed by atoms with Crippen LogP contribution in [0.25, 0.3) is 11.1 Å². The van der Waals surface area contributed by atoms with Crippen LogP contribution in [0.5, 0.6) is 5.88 Å². The first kappa shape index (κ1) is 25.6. The van der Waals surface area contributed by atoms with Crippen LogP contribution >= 0.6 is 0 Å². The van der Waals surface area contributed by atoms with Crippen LogP contribution in [0.15, 0.2) is 64.0 Å². The summed E-state index contributed by atoms with van der Waals surface area (Å²) in [5.41, 5.74) is 4.49. The number of benzene rings is 2. The maximum atomic E-state index is 13.8. The van der Waals surface area contributed by atoms with Crippen molar-refractivity contribution in [3.05, 3.63) is 77.0 Å². The molecule has 0 spiro atoms. The van der Waals surface area contributed by atoms with E-state index in [2.05, 4.69) is 27.9 Å². The van der Waals surface area contributed by atoms with Gasteiger partial charge in [-0.25, -0.2) is 9.19 Å². The van der Waals surface area contributed by atoms with Gasteiger partial charge in [-0.3, -0.25) is 14.3 Å². The summed E-state index contributed by atoms with van der Waals surface area (Å²) in [4.78, 5) is 30.3. The number of fused-ring (bicyclic) bond motifs is 1. The molecule has 0 saturated carbocycles. The lowest BCUT2D eigenvalue weighted by atomic mass is 9.86. The van der Waals surface area contributed by atoms with Gasteiger partial charge in [0.05, 0.1) is 24.0 Å². The number of rotatable bonds is 6. The number of ether oxygens (including phenoxy) is 1. The maximum absolute atomic E-state index is 13.8. The molecule has 36 heavy (non-hydrogen) atoms. The zero-order chi connectivity index (χ0) is 26.3. The summed E-state index contributed by atoms with van der Waals surface area (Å²) in [6.45, 7) is 10.2. The monoisotopic (exact) mass is 505 g/mol. The van der Waals surface area contributed by atoms with Gasteiger partial charge in [0.2, 0.25) is 11.8 Å². The molecule has 0 bridgehead atoms. The van der Waals surface area contributed by atoms with Crippen LogP contribution in [0.4, 0.5) is 0 Å². The zero-order valence-corrected chi connectivity index (χ0v) is 22.2. The minimum Gasteiger partial charge on any atom is -0.481 e. The van der Waals surface area contributed by atoms with E-state index in [1.807, 2.05) is 57.2 Å². The van der Waals surface area contributed by atoms with Gasteiger partial charge >= 0.3 is 0 Å². The number of aromatic nitrogens is 1. The van der Waals surface area contributed by atoms with E-state index in [1.165, 1.54) is 0 Å². The van der Waals surface area contributed by atoms with Crippen LogP contribution in [0.3, 0.4) is 0 Å². The first-order chi connectivity index (χ1) is 16.9. The van der Waals surface area contributed by atoms with Gasteiger partial charge in [-0.1, -0.05) is 58.9 Å². The smallest absolute Gasteiger partial charge is 0.288 e. The summed E-state index contributed by atoms with van der Waals surface area (Å²) in [5.74, 6) is -0.433. The molecule has 1 aromatic heterocycles.